The minimum atomic E-state index is -0.336. The standard InChI is InChI=1S/C19H23N5O2/c1-12-3-6-16-15(7-12)14(9-20-16)10-21-22-17-8-18(25)23(2)19(26)24(17)11-13-4-5-13/h3,6-10,13,15-16,20,22H,4-5,11H2,1-2H3. The highest BCUT2D eigenvalue weighted by molar-refractivity contribution is 5.81. The fourth-order valence-corrected chi connectivity index (χ4v) is 3.36. The van der Waals surface area contributed by atoms with Gasteiger partial charge >= 0.3 is 5.69 Å². The van der Waals surface area contributed by atoms with E-state index in [4.69, 9.17) is 0 Å². The van der Waals surface area contributed by atoms with Gasteiger partial charge in [0.2, 0.25) is 0 Å². The quantitative estimate of drug-likeness (QED) is 0.618. The number of aromatic nitrogens is 2. The van der Waals surface area contributed by atoms with Crippen molar-refractivity contribution in [1.29, 1.82) is 0 Å². The molecule has 2 atom stereocenters. The number of anilines is 1. The Morgan fingerprint density at radius 1 is 1.38 bits per heavy atom. The van der Waals surface area contributed by atoms with Crippen molar-refractivity contribution in [3.8, 4) is 0 Å². The number of fused-ring (bicyclic) bond motifs is 1. The topological polar surface area (TPSA) is 80.4 Å². The van der Waals surface area contributed by atoms with Gasteiger partial charge in [0.1, 0.15) is 5.82 Å². The number of hydrazone groups is 1. The lowest BCUT2D eigenvalue weighted by Gasteiger charge is -2.19. The number of rotatable bonds is 5. The maximum absolute atomic E-state index is 12.4. The number of hydrogen-bond donors (Lipinski definition) is 2. The Morgan fingerprint density at radius 2 is 2.19 bits per heavy atom. The molecule has 2 aliphatic carbocycles. The van der Waals surface area contributed by atoms with Gasteiger partial charge in [-0.1, -0.05) is 23.8 Å². The molecule has 26 heavy (non-hydrogen) atoms. The fourth-order valence-electron chi connectivity index (χ4n) is 3.36. The average Bonchev–Trinajstić information content (AvgIpc) is 3.36. The fraction of sp³-hybridized carbons (Fsp3) is 0.421. The van der Waals surface area contributed by atoms with Gasteiger partial charge in [-0.3, -0.25) is 19.4 Å². The summed E-state index contributed by atoms with van der Waals surface area (Å²) >= 11 is 0. The molecule has 0 spiro atoms. The second-order valence-corrected chi connectivity index (χ2v) is 7.27. The van der Waals surface area contributed by atoms with Crippen LogP contribution in [0.1, 0.15) is 19.8 Å². The summed E-state index contributed by atoms with van der Waals surface area (Å²) in [7, 11) is 1.50. The molecule has 7 nitrogen and oxygen atoms in total. The third-order valence-corrected chi connectivity index (χ3v) is 5.15. The van der Waals surface area contributed by atoms with E-state index in [-0.39, 0.29) is 23.2 Å². The second kappa shape index (κ2) is 6.48. The first-order chi connectivity index (χ1) is 12.5. The minimum absolute atomic E-state index is 0.253. The van der Waals surface area contributed by atoms with Gasteiger partial charge in [-0.05, 0) is 31.3 Å². The molecule has 0 aromatic carbocycles. The minimum Gasteiger partial charge on any atom is -0.383 e. The predicted octanol–water partition coefficient (Wildman–Crippen LogP) is 1.34. The molecular weight excluding hydrogens is 330 g/mol. The van der Waals surface area contributed by atoms with Crippen molar-refractivity contribution in [3.63, 3.8) is 0 Å². The van der Waals surface area contributed by atoms with Crippen LogP contribution in [0.15, 0.2) is 56.3 Å². The van der Waals surface area contributed by atoms with Crippen LogP contribution < -0.4 is 22.0 Å². The summed E-state index contributed by atoms with van der Waals surface area (Å²) in [6.45, 7) is 2.70. The molecule has 0 saturated heterocycles. The largest absolute Gasteiger partial charge is 0.383 e. The van der Waals surface area contributed by atoms with Gasteiger partial charge in [0, 0.05) is 31.8 Å². The molecule has 1 aliphatic heterocycles. The summed E-state index contributed by atoms with van der Waals surface area (Å²) in [5, 5.41) is 7.62. The van der Waals surface area contributed by atoms with E-state index in [1.54, 1.807) is 10.8 Å². The number of nitrogens with one attached hydrogen (secondary N) is 2. The summed E-state index contributed by atoms with van der Waals surface area (Å²) < 4.78 is 2.74. The van der Waals surface area contributed by atoms with Gasteiger partial charge < -0.3 is 5.32 Å². The van der Waals surface area contributed by atoms with E-state index < -0.39 is 0 Å². The Morgan fingerprint density at radius 3 is 2.96 bits per heavy atom. The number of allylic oxidation sites excluding steroid dienone is 2. The predicted molar refractivity (Wildman–Crippen MR) is 102 cm³/mol. The third-order valence-electron chi connectivity index (χ3n) is 5.15. The normalized spacial score (nSPS) is 24.2. The number of nitrogens with zero attached hydrogens (tertiary/aromatic N) is 3. The van der Waals surface area contributed by atoms with Gasteiger partial charge in [0.05, 0.1) is 12.3 Å². The lowest BCUT2D eigenvalue weighted by Crippen LogP contribution is -2.38. The van der Waals surface area contributed by atoms with Crippen LogP contribution in [0, 0.1) is 11.8 Å². The van der Waals surface area contributed by atoms with Crippen molar-refractivity contribution in [1.82, 2.24) is 14.5 Å². The monoisotopic (exact) mass is 353 g/mol. The van der Waals surface area contributed by atoms with E-state index in [0.717, 1.165) is 23.0 Å². The van der Waals surface area contributed by atoms with Crippen LogP contribution in [0.5, 0.6) is 0 Å². The highest BCUT2D eigenvalue weighted by Crippen LogP contribution is 2.31. The zero-order valence-electron chi connectivity index (χ0n) is 15.0. The first kappa shape index (κ1) is 16.6. The molecule has 7 heteroatoms. The van der Waals surface area contributed by atoms with E-state index in [9.17, 15) is 9.59 Å². The number of hydrogen-bond acceptors (Lipinski definition) is 5. The molecule has 3 aliphatic rings. The first-order valence-corrected chi connectivity index (χ1v) is 8.95. The highest BCUT2D eigenvalue weighted by Gasteiger charge is 2.27. The van der Waals surface area contributed by atoms with E-state index in [1.165, 1.54) is 18.7 Å². The van der Waals surface area contributed by atoms with Crippen molar-refractivity contribution in [2.75, 3.05) is 5.43 Å². The summed E-state index contributed by atoms with van der Waals surface area (Å²) in [6.07, 6.45) is 12.4. The molecule has 2 unspecified atom stereocenters. The molecule has 1 fully saturated rings. The molecular formula is C19H23N5O2. The lowest BCUT2D eigenvalue weighted by molar-refractivity contribution is 0.564. The Bertz CT molecular complexity index is 959. The Balaban J connectivity index is 1.54. The van der Waals surface area contributed by atoms with Gasteiger partial charge in [0.25, 0.3) is 5.56 Å². The average molecular weight is 353 g/mol. The molecule has 4 rings (SSSR count). The molecule has 0 amide bonds. The smallest absolute Gasteiger partial charge is 0.332 e. The summed E-state index contributed by atoms with van der Waals surface area (Å²) in [6, 6.07) is 1.69. The van der Waals surface area contributed by atoms with Crippen LogP contribution in [0.25, 0.3) is 0 Å². The van der Waals surface area contributed by atoms with E-state index in [1.807, 2.05) is 6.20 Å². The van der Waals surface area contributed by atoms with Crippen LogP contribution in [0.4, 0.5) is 5.82 Å². The third kappa shape index (κ3) is 3.16. The highest BCUT2D eigenvalue weighted by atomic mass is 16.2. The van der Waals surface area contributed by atoms with Crippen LogP contribution in [-0.4, -0.2) is 21.4 Å². The van der Waals surface area contributed by atoms with Gasteiger partial charge in [-0.2, -0.15) is 5.10 Å². The second-order valence-electron chi connectivity index (χ2n) is 7.27. The van der Waals surface area contributed by atoms with E-state index in [0.29, 0.717) is 18.3 Å². The molecule has 1 saturated carbocycles. The van der Waals surface area contributed by atoms with Gasteiger partial charge in [0.15, 0.2) is 0 Å². The van der Waals surface area contributed by atoms with E-state index in [2.05, 4.69) is 41.0 Å². The Hall–Kier alpha value is -2.83. The van der Waals surface area contributed by atoms with Crippen LogP contribution >= 0.6 is 0 Å². The van der Waals surface area contributed by atoms with Crippen molar-refractivity contribution in [2.24, 2.45) is 24.0 Å². The molecule has 1 aromatic rings. The SMILES string of the molecule is CC1=CC2C(C=NNc3cc(=O)n(C)c(=O)n3CC3CC3)=CNC2C=C1. The summed E-state index contributed by atoms with van der Waals surface area (Å²) in [4.78, 5) is 24.4. The summed E-state index contributed by atoms with van der Waals surface area (Å²) in [5.41, 5.74) is 4.55. The Labute approximate surface area is 151 Å². The van der Waals surface area contributed by atoms with Crippen LogP contribution in [0.3, 0.4) is 0 Å². The molecule has 0 bridgehead atoms. The van der Waals surface area contributed by atoms with Crippen molar-refractivity contribution >= 4 is 12.0 Å². The van der Waals surface area contributed by atoms with Crippen molar-refractivity contribution in [3.05, 3.63) is 62.5 Å². The van der Waals surface area contributed by atoms with Gasteiger partial charge in [-0.15, -0.1) is 0 Å². The van der Waals surface area contributed by atoms with Crippen molar-refractivity contribution in [2.45, 2.75) is 32.4 Å². The zero-order valence-corrected chi connectivity index (χ0v) is 15.0. The van der Waals surface area contributed by atoms with Crippen LogP contribution in [-0.2, 0) is 13.6 Å². The van der Waals surface area contributed by atoms with Crippen LogP contribution in [0.2, 0.25) is 0 Å². The maximum Gasteiger partial charge on any atom is 0.332 e. The lowest BCUT2D eigenvalue weighted by atomic mass is 9.89. The maximum atomic E-state index is 12.4. The molecule has 0 radical (unpaired) electrons. The molecule has 136 valence electrons. The molecule has 2 heterocycles. The van der Waals surface area contributed by atoms with Crippen molar-refractivity contribution < 1.29 is 0 Å². The van der Waals surface area contributed by atoms with E-state index >= 15 is 0 Å². The first-order valence-electron chi connectivity index (χ1n) is 8.95. The Kier molecular flexibility index (Phi) is 4.14. The van der Waals surface area contributed by atoms with Gasteiger partial charge in [-0.25, -0.2) is 4.79 Å². The summed E-state index contributed by atoms with van der Waals surface area (Å²) in [5.74, 6) is 1.21. The zero-order chi connectivity index (χ0) is 18.3. The molecule has 1 aromatic heterocycles. The molecule has 2 N–H and O–H groups in total.